The maximum Gasteiger partial charge on any atom is 0.435 e. The molecule has 0 amide bonds. The van der Waals surface area contributed by atoms with Crippen LogP contribution in [-0.4, -0.2) is 21.1 Å². The summed E-state index contributed by atoms with van der Waals surface area (Å²) in [5.41, 5.74) is -0.595. The van der Waals surface area contributed by atoms with Crippen LogP contribution >= 0.6 is 11.6 Å². The fourth-order valence-corrected chi connectivity index (χ4v) is 1.64. The Labute approximate surface area is 110 Å². The Morgan fingerprint density at radius 3 is 2.63 bits per heavy atom. The average Bonchev–Trinajstić information content (AvgIpc) is 2.80. The molecule has 19 heavy (non-hydrogen) atoms. The maximum atomic E-state index is 12.5. The van der Waals surface area contributed by atoms with Crippen LogP contribution < -0.4 is 0 Å². The molecule has 2 heterocycles. The lowest BCUT2D eigenvalue weighted by Gasteiger charge is -2.07. The SMILES string of the molecule is O=CCc1ccc(Cl)nc1-n1ccc(C(F)(F)F)n1. The number of pyridine rings is 1. The summed E-state index contributed by atoms with van der Waals surface area (Å²) in [4.78, 5) is 14.4. The van der Waals surface area contributed by atoms with E-state index in [1.165, 1.54) is 12.1 Å². The van der Waals surface area contributed by atoms with Gasteiger partial charge in [-0.1, -0.05) is 17.7 Å². The monoisotopic (exact) mass is 289 g/mol. The van der Waals surface area contributed by atoms with E-state index in [0.29, 0.717) is 11.8 Å². The summed E-state index contributed by atoms with van der Waals surface area (Å²) in [5.74, 6) is 0.107. The minimum atomic E-state index is -4.53. The summed E-state index contributed by atoms with van der Waals surface area (Å²) in [5, 5.41) is 3.50. The van der Waals surface area contributed by atoms with Gasteiger partial charge in [0.15, 0.2) is 11.5 Å². The van der Waals surface area contributed by atoms with Crippen molar-refractivity contribution in [2.75, 3.05) is 0 Å². The van der Waals surface area contributed by atoms with Crippen molar-refractivity contribution in [2.45, 2.75) is 12.6 Å². The van der Waals surface area contributed by atoms with Gasteiger partial charge in [0.2, 0.25) is 0 Å². The van der Waals surface area contributed by atoms with Crippen molar-refractivity contribution >= 4 is 17.9 Å². The number of aromatic nitrogens is 3. The first-order valence-electron chi connectivity index (χ1n) is 5.14. The third kappa shape index (κ3) is 2.93. The van der Waals surface area contributed by atoms with Crippen LogP contribution in [0.4, 0.5) is 13.2 Å². The molecule has 0 N–H and O–H groups in total. The van der Waals surface area contributed by atoms with Gasteiger partial charge in [0.1, 0.15) is 11.4 Å². The van der Waals surface area contributed by atoms with Gasteiger partial charge in [-0.05, 0) is 12.1 Å². The normalized spacial score (nSPS) is 11.6. The zero-order valence-electron chi connectivity index (χ0n) is 9.36. The number of aldehydes is 1. The predicted molar refractivity (Wildman–Crippen MR) is 61.1 cm³/mol. The van der Waals surface area contributed by atoms with Crippen molar-refractivity contribution in [1.82, 2.24) is 14.8 Å². The standard InChI is InChI=1S/C11H7ClF3N3O/c12-9-2-1-7(4-6-19)10(16-9)18-5-3-8(17-18)11(13,14)15/h1-3,5-6H,4H2. The number of hydrogen-bond acceptors (Lipinski definition) is 3. The molecule has 0 unspecified atom stereocenters. The van der Waals surface area contributed by atoms with Crippen molar-refractivity contribution in [3.05, 3.63) is 40.8 Å². The first-order chi connectivity index (χ1) is 8.91. The van der Waals surface area contributed by atoms with Crippen LogP contribution in [0, 0.1) is 0 Å². The molecule has 0 spiro atoms. The van der Waals surface area contributed by atoms with Crippen molar-refractivity contribution in [3.8, 4) is 5.82 Å². The second kappa shape index (κ2) is 5.00. The molecule has 100 valence electrons. The number of alkyl halides is 3. The lowest BCUT2D eigenvalue weighted by molar-refractivity contribution is -0.141. The van der Waals surface area contributed by atoms with Gasteiger partial charge in [-0.25, -0.2) is 9.67 Å². The Kier molecular flexibility index (Phi) is 3.57. The molecule has 0 radical (unpaired) electrons. The fraction of sp³-hybridized carbons (Fsp3) is 0.182. The molecule has 2 aromatic heterocycles. The lowest BCUT2D eigenvalue weighted by Crippen LogP contribution is -2.09. The third-order valence-corrected chi connectivity index (χ3v) is 2.53. The molecule has 0 saturated carbocycles. The number of carbonyl (C=O) groups is 1. The summed E-state index contributed by atoms with van der Waals surface area (Å²) >= 11 is 5.70. The highest BCUT2D eigenvalue weighted by Gasteiger charge is 2.33. The van der Waals surface area contributed by atoms with E-state index in [0.717, 1.165) is 16.9 Å². The highest BCUT2D eigenvalue weighted by molar-refractivity contribution is 6.29. The van der Waals surface area contributed by atoms with Crippen LogP contribution in [0.2, 0.25) is 5.15 Å². The zero-order valence-corrected chi connectivity index (χ0v) is 10.1. The largest absolute Gasteiger partial charge is 0.435 e. The smallest absolute Gasteiger partial charge is 0.303 e. The minimum Gasteiger partial charge on any atom is -0.303 e. The van der Waals surface area contributed by atoms with Crippen molar-refractivity contribution < 1.29 is 18.0 Å². The summed E-state index contributed by atoms with van der Waals surface area (Å²) in [7, 11) is 0. The minimum absolute atomic E-state index is 0.0146. The number of halogens is 4. The number of rotatable bonds is 3. The fourth-order valence-electron chi connectivity index (χ4n) is 1.49. The van der Waals surface area contributed by atoms with Crippen LogP contribution in [0.1, 0.15) is 11.3 Å². The highest BCUT2D eigenvalue weighted by Crippen LogP contribution is 2.28. The Bertz CT molecular complexity index is 609. The molecule has 2 aromatic rings. The Morgan fingerprint density at radius 1 is 1.32 bits per heavy atom. The second-order valence-corrected chi connectivity index (χ2v) is 4.02. The van der Waals surface area contributed by atoms with Crippen molar-refractivity contribution in [1.29, 1.82) is 0 Å². The predicted octanol–water partition coefficient (Wildman–Crippen LogP) is 2.68. The van der Waals surface area contributed by atoms with Crippen LogP contribution in [0.15, 0.2) is 24.4 Å². The molecular weight excluding hydrogens is 283 g/mol. The van der Waals surface area contributed by atoms with E-state index >= 15 is 0 Å². The van der Waals surface area contributed by atoms with E-state index in [1.807, 2.05) is 0 Å². The van der Waals surface area contributed by atoms with Gasteiger partial charge < -0.3 is 4.79 Å². The lowest BCUT2D eigenvalue weighted by atomic mass is 10.2. The molecule has 0 aliphatic heterocycles. The second-order valence-electron chi connectivity index (χ2n) is 3.63. The first kappa shape index (κ1) is 13.5. The molecule has 0 aromatic carbocycles. The molecular formula is C11H7ClF3N3O. The number of nitrogens with zero attached hydrogens (tertiary/aromatic N) is 3. The Hall–Kier alpha value is -1.89. The number of carbonyl (C=O) groups excluding carboxylic acids is 1. The van der Waals surface area contributed by atoms with Crippen LogP contribution in [0.25, 0.3) is 5.82 Å². The molecule has 0 bridgehead atoms. The Balaban J connectivity index is 2.48. The van der Waals surface area contributed by atoms with Crippen molar-refractivity contribution in [3.63, 3.8) is 0 Å². The molecule has 0 saturated heterocycles. The third-order valence-electron chi connectivity index (χ3n) is 2.32. The topological polar surface area (TPSA) is 47.8 Å². The van der Waals surface area contributed by atoms with E-state index in [9.17, 15) is 18.0 Å². The molecule has 2 rings (SSSR count). The van der Waals surface area contributed by atoms with Crippen molar-refractivity contribution in [2.24, 2.45) is 0 Å². The number of hydrogen-bond donors (Lipinski definition) is 0. The van der Waals surface area contributed by atoms with Gasteiger partial charge in [0.25, 0.3) is 0 Å². The van der Waals surface area contributed by atoms with Gasteiger partial charge in [0, 0.05) is 18.2 Å². The Morgan fingerprint density at radius 2 is 2.05 bits per heavy atom. The van der Waals surface area contributed by atoms with Gasteiger partial charge in [-0.3, -0.25) is 0 Å². The van der Waals surface area contributed by atoms with Crippen LogP contribution in [0.3, 0.4) is 0 Å². The van der Waals surface area contributed by atoms with E-state index in [1.54, 1.807) is 0 Å². The summed E-state index contributed by atoms with van der Waals surface area (Å²) in [6.45, 7) is 0. The molecule has 8 heteroatoms. The molecule has 0 aliphatic rings. The van der Waals surface area contributed by atoms with E-state index in [4.69, 9.17) is 11.6 Å². The van der Waals surface area contributed by atoms with E-state index in [2.05, 4.69) is 10.1 Å². The van der Waals surface area contributed by atoms with Gasteiger partial charge >= 0.3 is 6.18 Å². The molecule has 0 atom stereocenters. The molecule has 4 nitrogen and oxygen atoms in total. The zero-order chi connectivity index (χ0) is 14.0. The first-order valence-corrected chi connectivity index (χ1v) is 5.52. The summed E-state index contributed by atoms with van der Waals surface area (Å²) in [6, 6.07) is 3.80. The summed E-state index contributed by atoms with van der Waals surface area (Å²) < 4.78 is 38.4. The average molecular weight is 290 g/mol. The van der Waals surface area contributed by atoms with Crippen LogP contribution in [0.5, 0.6) is 0 Å². The highest BCUT2D eigenvalue weighted by atomic mass is 35.5. The van der Waals surface area contributed by atoms with Crippen LogP contribution in [-0.2, 0) is 17.4 Å². The maximum absolute atomic E-state index is 12.5. The van der Waals surface area contributed by atoms with Gasteiger partial charge in [-0.15, -0.1) is 0 Å². The van der Waals surface area contributed by atoms with Gasteiger partial charge in [0.05, 0.1) is 0 Å². The quantitative estimate of drug-likeness (QED) is 0.645. The van der Waals surface area contributed by atoms with E-state index in [-0.39, 0.29) is 17.4 Å². The van der Waals surface area contributed by atoms with Gasteiger partial charge in [-0.2, -0.15) is 18.3 Å². The molecule has 0 fully saturated rings. The summed E-state index contributed by atoms with van der Waals surface area (Å²) in [6.07, 6.45) is -2.77. The molecule has 0 aliphatic carbocycles. The van der Waals surface area contributed by atoms with E-state index < -0.39 is 11.9 Å².